The van der Waals surface area contributed by atoms with Crippen molar-refractivity contribution in [3.05, 3.63) is 88.4 Å². The van der Waals surface area contributed by atoms with Gasteiger partial charge in [-0.3, -0.25) is 13.9 Å². The summed E-state index contributed by atoms with van der Waals surface area (Å²) in [6, 6.07) is 18.0. The molecule has 3 aromatic carbocycles. The minimum Gasteiger partial charge on any atom is -0.497 e. The monoisotopic (exact) mass is 605 g/mol. The molecule has 3 rings (SSSR count). The first-order valence-corrected chi connectivity index (χ1v) is 14.9. The molecule has 0 heterocycles. The fraction of sp³-hybridized carbons (Fsp3) is 0.310. The Labute approximate surface area is 245 Å². The second kappa shape index (κ2) is 13.9. The molecule has 0 aromatic heterocycles. The maximum atomic E-state index is 13.9. The summed E-state index contributed by atoms with van der Waals surface area (Å²) in [5.74, 6) is -0.429. The molecule has 0 saturated carbocycles. The van der Waals surface area contributed by atoms with Gasteiger partial charge in [0.05, 0.1) is 17.7 Å². The van der Waals surface area contributed by atoms with Gasteiger partial charge >= 0.3 is 0 Å². The SMILES string of the molecule is CC[C@H](C)NC(=O)[C@H](C)N(Cc1cccc(Cl)c1)C(=O)CN(c1ccc(Cl)cc1)S(=O)(=O)c1ccc(OC)cc1. The van der Waals surface area contributed by atoms with Gasteiger partial charge in [0, 0.05) is 22.6 Å². The number of anilines is 1. The van der Waals surface area contributed by atoms with E-state index < -0.39 is 28.5 Å². The van der Waals surface area contributed by atoms with E-state index in [9.17, 15) is 18.0 Å². The highest BCUT2D eigenvalue weighted by Crippen LogP contribution is 2.27. The number of amides is 2. The van der Waals surface area contributed by atoms with Crippen LogP contribution < -0.4 is 14.4 Å². The number of nitrogens with one attached hydrogen (secondary N) is 1. The van der Waals surface area contributed by atoms with Gasteiger partial charge in [-0.05, 0) is 86.5 Å². The van der Waals surface area contributed by atoms with Crippen molar-refractivity contribution < 1.29 is 22.7 Å². The van der Waals surface area contributed by atoms with Crippen LogP contribution in [0.5, 0.6) is 5.75 Å². The van der Waals surface area contributed by atoms with Crippen LogP contribution in [0.3, 0.4) is 0 Å². The Hall–Kier alpha value is -3.27. The Balaban J connectivity index is 2.02. The van der Waals surface area contributed by atoms with Gasteiger partial charge in [-0.15, -0.1) is 0 Å². The minimum atomic E-state index is -4.20. The van der Waals surface area contributed by atoms with Crippen molar-refractivity contribution in [2.75, 3.05) is 18.0 Å². The molecule has 0 radical (unpaired) electrons. The zero-order chi connectivity index (χ0) is 29.4. The van der Waals surface area contributed by atoms with Gasteiger partial charge in [0.2, 0.25) is 11.8 Å². The van der Waals surface area contributed by atoms with Gasteiger partial charge < -0.3 is 15.0 Å². The fourth-order valence-electron chi connectivity index (χ4n) is 3.89. The van der Waals surface area contributed by atoms with Gasteiger partial charge in [0.1, 0.15) is 18.3 Å². The predicted octanol–water partition coefficient (Wildman–Crippen LogP) is 5.53. The summed E-state index contributed by atoms with van der Waals surface area (Å²) >= 11 is 12.2. The van der Waals surface area contributed by atoms with Crippen molar-refractivity contribution in [3.63, 3.8) is 0 Å². The zero-order valence-corrected chi connectivity index (χ0v) is 25.1. The molecule has 0 aliphatic heterocycles. The van der Waals surface area contributed by atoms with Crippen LogP contribution >= 0.6 is 23.2 Å². The van der Waals surface area contributed by atoms with E-state index in [0.29, 0.717) is 27.8 Å². The third kappa shape index (κ3) is 7.90. The van der Waals surface area contributed by atoms with E-state index in [-0.39, 0.29) is 29.1 Å². The average Bonchev–Trinajstić information content (AvgIpc) is 2.94. The third-order valence-corrected chi connectivity index (χ3v) is 8.73. The summed E-state index contributed by atoms with van der Waals surface area (Å²) < 4.78 is 33.9. The Morgan fingerprint density at radius 2 is 1.60 bits per heavy atom. The number of nitrogens with zero attached hydrogens (tertiary/aromatic N) is 2. The Morgan fingerprint density at radius 1 is 0.950 bits per heavy atom. The van der Waals surface area contributed by atoms with Crippen LogP contribution in [0.2, 0.25) is 10.0 Å². The van der Waals surface area contributed by atoms with Crippen LogP contribution in [0.25, 0.3) is 0 Å². The summed E-state index contributed by atoms with van der Waals surface area (Å²) in [6.45, 7) is 4.92. The number of methoxy groups -OCH3 is 1. The zero-order valence-electron chi connectivity index (χ0n) is 22.8. The van der Waals surface area contributed by atoms with Crippen LogP contribution in [0, 0.1) is 0 Å². The number of halogens is 2. The lowest BCUT2D eigenvalue weighted by Gasteiger charge is -2.32. The van der Waals surface area contributed by atoms with Crippen LogP contribution in [-0.2, 0) is 26.2 Å². The number of benzene rings is 3. The number of carbonyl (C=O) groups is 2. The number of hydrogen-bond donors (Lipinski definition) is 1. The van der Waals surface area contributed by atoms with Gasteiger partial charge in [0.25, 0.3) is 10.0 Å². The largest absolute Gasteiger partial charge is 0.497 e. The first-order valence-electron chi connectivity index (χ1n) is 12.7. The number of ether oxygens (including phenoxy) is 1. The molecule has 0 spiro atoms. The molecule has 3 aromatic rings. The molecule has 8 nitrogen and oxygen atoms in total. The van der Waals surface area contributed by atoms with Gasteiger partial charge in [-0.2, -0.15) is 0 Å². The third-order valence-electron chi connectivity index (χ3n) is 6.45. The lowest BCUT2D eigenvalue weighted by atomic mass is 10.1. The lowest BCUT2D eigenvalue weighted by Crippen LogP contribution is -2.52. The molecule has 2 amide bonds. The molecule has 0 saturated heterocycles. The average molecular weight is 607 g/mol. The van der Waals surface area contributed by atoms with Gasteiger partial charge in [0.15, 0.2) is 0 Å². The van der Waals surface area contributed by atoms with Gasteiger partial charge in [-0.25, -0.2) is 8.42 Å². The normalized spacial score (nSPS) is 12.8. The Bertz CT molecular complexity index is 1420. The molecule has 214 valence electrons. The first kappa shape index (κ1) is 31.3. The molecular weight excluding hydrogens is 573 g/mol. The molecule has 11 heteroatoms. The van der Waals surface area contributed by atoms with Crippen LogP contribution in [0.15, 0.2) is 77.7 Å². The van der Waals surface area contributed by atoms with E-state index >= 15 is 0 Å². The fourth-order valence-corrected chi connectivity index (χ4v) is 5.64. The predicted molar refractivity (Wildman–Crippen MR) is 158 cm³/mol. The molecule has 2 atom stereocenters. The Kier molecular flexibility index (Phi) is 10.8. The highest BCUT2D eigenvalue weighted by atomic mass is 35.5. The van der Waals surface area contributed by atoms with Crippen molar-refractivity contribution in [2.45, 2.75) is 50.7 Å². The quantitative estimate of drug-likeness (QED) is 0.293. The van der Waals surface area contributed by atoms with E-state index in [1.54, 1.807) is 43.3 Å². The molecule has 0 aliphatic carbocycles. The minimum absolute atomic E-state index is 0.0278. The van der Waals surface area contributed by atoms with Crippen LogP contribution in [-0.4, -0.2) is 50.9 Å². The van der Waals surface area contributed by atoms with Crippen molar-refractivity contribution in [3.8, 4) is 5.75 Å². The highest BCUT2D eigenvalue weighted by Gasteiger charge is 2.32. The highest BCUT2D eigenvalue weighted by molar-refractivity contribution is 7.92. The maximum Gasteiger partial charge on any atom is 0.264 e. The van der Waals surface area contributed by atoms with Crippen LogP contribution in [0.4, 0.5) is 5.69 Å². The van der Waals surface area contributed by atoms with Crippen molar-refractivity contribution in [1.82, 2.24) is 10.2 Å². The molecule has 1 N–H and O–H groups in total. The number of hydrogen-bond acceptors (Lipinski definition) is 5. The summed E-state index contributed by atoms with van der Waals surface area (Å²) in [5, 5.41) is 3.79. The summed E-state index contributed by atoms with van der Waals surface area (Å²) in [7, 11) is -2.72. The summed E-state index contributed by atoms with van der Waals surface area (Å²) in [6.07, 6.45) is 0.713. The van der Waals surface area contributed by atoms with E-state index in [1.807, 2.05) is 13.8 Å². The lowest BCUT2D eigenvalue weighted by molar-refractivity contribution is -0.139. The summed E-state index contributed by atoms with van der Waals surface area (Å²) in [5.41, 5.74) is 0.938. The number of sulfonamides is 1. The van der Waals surface area contributed by atoms with Crippen molar-refractivity contribution >= 4 is 50.7 Å². The number of carbonyl (C=O) groups excluding carboxylic acids is 2. The second-order valence-electron chi connectivity index (χ2n) is 9.31. The van der Waals surface area contributed by atoms with E-state index in [1.165, 1.54) is 48.4 Å². The van der Waals surface area contributed by atoms with E-state index in [0.717, 1.165) is 4.31 Å². The molecule has 40 heavy (non-hydrogen) atoms. The maximum absolute atomic E-state index is 13.9. The van der Waals surface area contributed by atoms with E-state index in [2.05, 4.69) is 5.32 Å². The van der Waals surface area contributed by atoms with Crippen molar-refractivity contribution in [2.24, 2.45) is 0 Å². The molecular formula is C29H33Cl2N3O5S. The smallest absolute Gasteiger partial charge is 0.264 e. The van der Waals surface area contributed by atoms with E-state index in [4.69, 9.17) is 27.9 Å². The molecule has 0 unspecified atom stereocenters. The molecule has 0 bridgehead atoms. The van der Waals surface area contributed by atoms with Crippen molar-refractivity contribution in [1.29, 1.82) is 0 Å². The number of rotatable bonds is 12. The Morgan fingerprint density at radius 3 is 2.17 bits per heavy atom. The van der Waals surface area contributed by atoms with Crippen LogP contribution in [0.1, 0.15) is 32.8 Å². The van der Waals surface area contributed by atoms with Gasteiger partial charge in [-0.1, -0.05) is 42.3 Å². The second-order valence-corrected chi connectivity index (χ2v) is 12.0. The summed E-state index contributed by atoms with van der Waals surface area (Å²) in [4.78, 5) is 28.4. The first-order chi connectivity index (χ1) is 19.0. The standard InChI is InChI=1S/C29H33Cl2N3O5S/c1-5-20(2)32-29(36)21(3)33(18-22-7-6-8-24(31)17-22)28(35)19-34(25-11-9-23(30)10-12-25)40(37,38)27-15-13-26(39-4)14-16-27/h6-17,20-21H,5,18-19H2,1-4H3,(H,32,36)/t20-,21-/m0/s1. The molecule has 0 aliphatic rings. The molecule has 0 fully saturated rings. The topological polar surface area (TPSA) is 96.0 Å².